The van der Waals surface area contributed by atoms with Crippen molar-refractivity contribution in [3.05, 3.63) is 52.6 Å². The molecular weight excluding hydrogens is 296 g/mol. The Kier molecular flexibility index (Phi) is 3.81. The van der Waals surface area contributed by atoms with Gasteiger partial charge in [-0.05, 0) is 36.4 Å². The number of hydrogen-bond donors (Lipinski definition) is 1. The van der Waals surface area contributed by atoms with Crippen LogP contribution >= 0.6 is 0 Å². The van der Waals surface area contributed by atoms with Crippen LogP contribution in [-0.2, 0) is 9.84 Å². The van der Waals surface area contributed by atoms with Crippen LogP contribution < -0.4 is 10.5 Å². The van der Waals surface area contributed by atoms with Gasteiger partial charge in [0, 0.05) is 6.26 Å². The summed E-state index contributed by atoms with van der Waals surface area (Å²) in [6, 6.07) is 9.91. The maximum Gasteiger partial charge on any atom is 0.334 e. The number of ether oxygens (including phenoxy) is 1. The van der Waals surface area contributed by atoms with Gasteiger partial charge in [0.1, 0.15) is 11.4 Å². The summed E-state index contributed by atoms with van der Waals surface area (Å²) in [5, 5.41) is 11.0. The van der Waals surface area contributed by atoms with Crippen LogP contribution in [0.5, 0.6) is 11.5 Å². The normalized spacial score (nSPS) is 11.1. The molecule has 2 aromatic rings. The standard InChI is InChI=1S/C13H12N2O5S/c1-21(18,19)10-7-5-9(6-8-10)20-12-4-2-3-11(14)13(12)15(16)17/h2-8H,14H2,1H3. The fourth-order valence-corrected chi connectivity index (χ4v) is 2.33. The molecule has 0 amide bonds. The first kappa shape index (κ1) is 14.8. The van der Waals surface area contributed by atoms with Gasteiger partial charge < -0.3 is 10.5 Å². The SMILES string of the molecule is CS(=O)(=O)c1ccc(Oc2cccc(N)c2[N+](=O)[O-])cc1. The molecule has 110 valence electrons. The Hall–Kier alpha value is -2.61. The van der Waals surface area contributed by atoms with Gasteiger partial charge in [-0.1, -0.05) is 6.07 Å². The lowest BCUT2D eigenvalue weighted by Crippen LogP contribution is -1.99. The van der Waals surface area contributed by atoms with E-state index in [1.54, 1.807) is 0 Å². The first-order chi connectivity index (χ1) is 9.79. The van der Waals surface area contributed by atoms with E-state index in [0.717, 1.165) is 6.26 Å². The molecule has 0 unspecified atom stereocenters. The molecule has 2 N–H and O–H groups in total. The second-order valence-electron chi connectivity index (χ2n) is 4.30. The predicted octanol–water partition coefficient (Wildman–Crippen LogP) is 2.37. The molecule has 0 atom stereocenters. The zero-order valence-corrected chi connectivity index (χ0v) is 11.8. The summed E-state index contributed by atoms with van der Waals surface area (Å²) < 4.78 is 28.1. The van der Waals surface area contributed by atoms with E-state index in [9.17, 15) is 18.5 Å². The minimum absolute atomic E-state index is 0.00731. The third kappa shape index (κ3) is 3.29. The van der Waals surface area contributed by atoms with Crippen molar-refractivity contribution in [2.45, 2.75) is 4.90 Å². The molecule has 0 fully saturated rings. The van der Waals surface area contributed by atoms with Gasteiger partial charge in [0.25, 0.3) is 0 Å². The number of hydrogen-bond acceptors (Lipinski definition) is 6. The van der Waals surface area contributed by atoms with Gasteiger partial charge >= 0.3 is 5.69 Å². The van der Waals surface area contributed by atoms with Gasteiger partial charge in [0.05, 0.1) is 9.82 Å². The molecule has 0 radical (unpaired) electrons. The Morgan fingerprint density at radius 2 is 1.76 bits per heavy atom. The van der Waals surface area contributed by atoms with Gasteiger partial charge in [-0.2, -0.15) is 0 Å². The number of nitro benzene ring substituents is 1. The molecule has 0 heterocycles. The van der Waals surface area contributed by atoms with E-state index in [1.807, 2.05) is 0 Å². The van der Waals surface area contributed by atoms with Crippen LogP contribution in [0.15, 0.2) is 47.4 Å². The Morgan fingerprint density at radius 1 is 1.14 bits per heavy atom. The van der Waals surface area contributed by atoms with Crippen molar-refractivity contribution in [2.24, 2.45) is 0 Å². The molecule has 2 rings (SSSR count). The van der Waals surface area contributed by atoms with Gasteiger partial charge in [0.2, 0.25) is 5.75 Å². The van der Waals surface area contributed by atoms with E-state index in [-0.39, 0.29) is 27.8 Å². The fourth-order valence-electron chi connectivity index (χ4n) is 1.70. The highest BCUT2D eigenvalue weighted by atomic mass is 32.2. The largest absolute Gasteiger partial charge is 0.450 e. The minimum Gasteiger partial charge on any atom is -0.450 e. The van der Waals surface area contributed by atoms with Crippen LogP contribution in [0, 0.1) is 10.1 Å². The highest BCUT2D eigenvalue weighted by molar-refractivity contribution is 7.90. The number of nitrogens with zero attached hydrogens (tertiary/aromatic N) is 1. The number of benzene rings is 2. The second kappa shape index (κ2) is 5.41. The Morgan fingerprint density at radius 3 is 2.29 bits per heavy atom. The molecular formula is C13H12N2O5S. The maximum absolute atomic E-state index is 11.3. The van der Waals surface area contributed by atoms with Crippen molar-refractivity contribution in [3.63, 3.8) is 0 Å². The van der Waals surface area contributed by atoms with Crippen molar-refractivity contribution in [2.75, 3.05) is 12.0 Å². The number of anilines is 1. The zero-order chi connectivity index (χ0) is 15.6. The highest BCUT2D eigenvalue weighted by Crippen LogP contribution is 2.35. The molecule has 8 heteroatoms. The monoisotopic (exact) mass is 308 g/mol. The molecule has 0 aromatic heterocycles. The van der Waals surface area contributed by atoms with E-state index in [0.29, 0.717) is 0 Å². The van der Waals surface area contributed by atoms with Crippen molar-refractivity contribution in [1.29, 1.82) is 0 Å². The van der Waals surface area contributed by atoms with Gasteiger partial charge in [-0.3, -0.25) is 10.1 Å². The van der Waals surface area contributed by atoms with Crippen molar-refractivity contribution in [3.8, 4) is 11.5 Å². The summed E-state index contributed by atoms with van der Waals surface area (Å²) in [5.74, 6) is 0.267. The lowest BCUT2D eigenvalue weighted by atomic mass is 10.2. The number of rotatable bonds is 4. The van der Waals surface area contributed by atoms with Gasteiger partial charge in [-0.25, -0.2) is 8.42 Å². The quantitative estimate of drug-likeness (QED) is 0.527. The topological polar surface area (TPSA) is 113 Å². The molecule has 21 heavy (non-hydrogen) atoms. The number of nitro groups is 1. The second-order valence-corrected chi connectivity index (χ2v) is 6.31. The molecule has 0 spiro atoms. The summed E-state index contributed by atoms with van der Waals surface area (Å²) in [5.41, 5.74) is 5.22. The smallest absolute Gasteiger partial charge is 0.334 e. The first-order valence-corrected chi connectivity index (χ1v) is 7.69. The maximum atomic E-state index is 11.3. The molecule has 0 aliphatic heterocycles. The van der Waals surface area contributed by atoms with Crippen LogP contribution in [0.1, 0.15) is 0 Å². The van der Waals surface area contributed by atoms with Crippen LogP contribution in [0.3, 0.4) is 0 Å². The molecule has 0 bridgehead atoms. The molecule has 0 aliphatic rings. The van der Waals surface area contributed by atoms with Crippen LogP contribution in [-0.4, -0.2) is 19.6 Å². The number of sulfone groups is 1. The van der Waals surface area contributed by atoms with E-state index in [2.05, 4.69) is 0 Å². The van der Waals surface area contributed by atoms with E-state index in [1.165, 1.54) is 42.5 Å². The Balaban J connectivity index is 2.35. The number of nitrogen functional groups attached to an aromatic ring is 1. The van der Waals surface area contributed by atoms with E-state index < -0.39 is 14.8 Å². The number of nitrogens with two attached hydrogens (primary N) is 1. The zero-order valence-electron chi connectivity index (χ0n) is 11.0. The predicted molar refractivity (Wildman–Crippen MR) is 77.1 cm³/mol. The summed E-state index contributed by atoms with van der Waals surface area (Å²) >= 11 is 0. The fraction of sp³-hybridized carbons (Fsp3) is 0.0769. The van der Waals surface area contributed by atoms with Gasteiger partial charge in [-0.15, -0.1) is 0 Å². The summed E-state index contributed by atoms with van der Waals surface area (Å²) in [6.45, 7) is 0. The molecule has 0 saturated heterocycles. The van der Waals surface area contributed by atoms with Crippen molar-refractivity contribution >= 4 is 21.2 Å². The average molecular weight is 308 g/mol. The van der Waals surface area contributed by atoms with Crippen LogP contribution in [0.2, 0.25) is 0 Å². The number of para-hydroxylation sites is 1. The summed E-state index contributed by atoms with van der Waals surface area (Å²) in [6.07, 6.45) is 1.09. The molecule has 2 aromatic carbocycles. The van der Waals surface area contributed by atoms with Crippen molar-refractivity contribution in [1.82, 2.24) is 0 Å². The third-order valence-corrected chi connectivity index (χ3v) is 3.82. The lowest BCUT2D eigenvalue weighted by Gasteiger charge is -2.08. The third-order valence-electron chi connectivity index (χ3n) is 2.69. The average Bonchev–Trinajstić information content (AvgIpc) is 2.38. The highest BCUT2D eigenvalue weighted by Gasteiger charge is 2.19. The molecule has 7 nitrogen and oxygen atoms in total. The van der Waals surface area contributed by atoms with E-state index in [4.69, 9.17) is 10.5 Å². The molecule has 0 aliphatic carbocycles. The Bertz CT molecular complexity index is 785. The lowest BCUT2D eigenvalue weighted by molar-refractivity contribution is -0.384. The first-order valence-electron chi connectivity index (χ1n) is 5.80. The summed E-state index contributed by atoms with van der Waals surface area (Å²) in [4.78, 5) is 10.5. The molecule has 0 saturated carbocycles. The Labute approximate surface area is 121 Å². The van der Waals surface area contributed by atoms with Crippen molar-refractivity contribution < 1.29 is 18.1 Å². The van der Waals surface area contributed by atoms with Crippen LogP contribution in [0.25, 0.3) is 0 Å². The van der Waals surface area contributed by atoms with Crippen LogP contribution in [0.4, 0.5) is 11.4 Å². The minimum atomic E-state index is -3.30. The summed E-state index contributed by atoms with van der Waals surface area (Å²) in [7, 11) is -3.30. The van der Waals surface area contributed by atoms with E-state index >= 15 is 0 Å². The van der Waals surface area contributed by atoms with Gasteiger partial charge in [0.15, 0.2) is 9.84 Å².